The number of aromatic carboxylic acids is 1. The first kappa shape index (κ1) is 26.0. The minimum atomic E-state index is -1.01. The quantitative estimate of drug-likeness (QED) is 0.308. The van der Waals surface area contributed by atoms with Crippen LogP contribution in [0.3, 0.4) is 0 Å². The summed E-state index contributed by atoms with van der Waals surface area (Å²) in [5, 5.41) is 10.1. The number of benzene rings is 2. The van der Waals surface area contributed by atoms with Gasteiger partial charge in [0.1, 0.15) is 11.5 Å². The second kappa shape index (κ2) is 9.42. The molecule has 8 rings (SSSR count). The van der Waals surface area contributed by atoms with Crippen LogP contribution in [0, 0.1) is 5.92 Å². The number of carbonyl (C=O) groups is 1. The van der Waals surface area contributed by atoms with Crippen LogP contribution >= 0.6 is 11.6 Å². The van der Waals surface area contributed by atoms with Gasteiger partial charge in [-0.2, -0.15) is 0 Å². The molecule has 2 aromatic heterocycles. The molecule has 0 amide bonds. The van der Waals surface area contributed by atoms with Crippen LogP contribution in [0.2, 0.25) is 5.02 Å². The highest BCUT2D eigenvalue weighted by Gasteiger charge is 2.60. The Hall–Kier alpha value is -3.66. The van der Waals surface area contributed by atoms with Gasteiger partial charge < -0.3 is 23.9 Å². The molecule has 2 unspecified atom stereocenters. The number of carboxylic acid groups (broad SMARTS) is 1. The monoisotopic (exact) mass is 586 g/mol. The highest BCUT2D eigenvalue weighted by Crippen LogP contribution is 2.63. The molecule has 216 valence electrons. The van der Waals surface area contributed by atoms with Crippen LogP contribution in [-0.2, 0) is 29.0 Å². The lowest BCUT2D eigenvalue weighted by atomic mass is 9.86. The molecule has 0 bridgehead atoms. The fourth-order valence-electron chi connectivity index (χ4n) is 7.03. The molecule has 9 nitrogen and oxygen atoms in total. The minimum absolute atomic E-state index is 0.0696. The summed E-state index contributed by atoms with van der Waals surface area (Å²) < 4.78 is 20.8. The van der Waals surface area contributed by atoms with Crippen molar-refractivity contribution in [3.05, 3.63) is 82.4 Å². The SMILES string of the molecule is C[C@@]1(c2ccc(Cl)cn2)Oc2cccc(C34CCN(Cc5nc6ccc(C(=O)O)cc6n5C[C@@H]5CCO5)CC3C4)c2O1. The molecular formula is C32H31ClN4O5. The van der Waals surface area contributed by atoms with Crippen molar-refractivity contribution in [2.24, 2.45) is 5.92 Å². The summed E-state index contributed by atoms with van der Waals surface area (Å²) in [5.41, 5.74) is 3.92. The van der Waals surface area contributed by atoms with Crippen molar-refractivity contribution < 1.29 is 24.1 Å². The molecule has 5 heterocycles. The van der Waals surface area contributed by atoms with Crippen molar-refractivity contribution in [1.82, 2.24) is 19.4 Å². The molecule has 2 aromatic carbocycles. The van der Waals surface area contributed by atoms with Crippen LogP contribution < -0.4 is 9.47 Å². The normalized spacial score (nSPS) is 28.0. The molecule has 3 aliphatic heterocycles. The van der Waals surface area contributed by atoms with E-state index in [0.29, 0.717) is 29.7 Å². The van der Waals surface area contributed by atoms with Crippen LogP contribution in [0.4, 0.5) is 0 Å². The predicted octanol–water partition coefficient (Wildman–Crippen LogP) is 5.38. The van der Waals surface area contributed by atoms with Crippen LogP contribution in [0.15, 0.2) is 54.7 Å². The smallest absolute Gasteiger partial charge is 0.335 e. The van der Waals surface area contributed by atoms with E-state index in [1.165, 1.54) is 5.56 Å². The summed E-state index contributed by atoms with van der Waals surface area (Å²) in [5.74, 6) is 1.10. The molecule has 4 aromatic rings. The van der Waals surface area contributed by atoms with Crippen molar-refractivity contribution in [1.29, 1.82) is 0 Å². The van der Waals surface area contributed by atoms with Gasteiger partial charge in [0.2, 0.25) is 0 Å². The largest absolute Gasteiger partial charge is 0.478 e. The molecule has 1 N–H and O–H groups in total. The molecule has 42 heavy (non-hydrogen) atoms. The average molecular weight is 587 g/mol. The Morgan fingerprint density at radius 2 is 2.07 bits per heavy atom. The van der Waals surface area contributed by atoms with Gasteiger partial charge in [-0.3, -0.25) is 9.88 Å². The number of hydrogen-bond acceptors (Lipinski definition) is 7. The molecule has 0 radical (unpaired) electrons. The summed E-state index contributed by atoms with van der Waals surface area (Å²) in [7, 11) is 0. The zero-order valence-electron chi connectivity index (χ0n) is 23.3. The number of pyridine rings is 1. The van der Waals surface area contributed by atoms with E-state index in [9.17, 15) is 9.90 Å². The van der Waals surface area contributed by atoms with Crippen LogP contribution in [0.1, 0.15) is 53.6 Å². The van der Waals surface area contributed by atoms with Gasteiger partial charge in [0.25, 0.3) is 5.79 Å². The fourth-order valence-corrected chi connectivity index (χ4v) is 7.14. The summed E-state index contributed by atoms with van der Waals surface area (Å²) in [6.45, 7) is 5.96. The van der Waals surface area contributed by atoms with E-state index in [0.717, 1.165) is 67.3 Å². The van der Waals surface area contributed by atoms with Crippen molar-refractivity contribution in [3.63, 3.8) is 0 Å². The Bertz CT molecular complexity index is 1720. The third-order valence-corrected chi connectivity index (χ3v) is 9.74. The second-order valence-corrected chi connectivity index (χ2v) is 12.6. The summed E-state index contributed by atoms with van der Waals surface area (Å²) in [4.78, 5) is 23.6. The predicted molar refractivity (Wildman–Crippen MR) is 155 cm³/mol. The lowest BCUT2D eigenvalue weighted by molar-refractivity contribution is -0.0723. The van der Waals surface area contributed by atoms with Gasteiger partial charge in [0, 0.05) is 37.3 Å². The van der Waals surface area contributed by atoms with Gasteiger partial charge in [0.05, 0.1) is 40.8 Å². The maximum absolute atomic E-state index is 11.7. The van der Waals surface area contributed by atoms with E-state index in [-0.39, 0.29) is 17.1 Å². The third-order valence-electron chi connectivity index (χ3n) is 9.51. The maximum Gasteiger partial charge on any atom is 0.335 e. The number of imidazole rings is 1. The number of ether oxygens (including phenoxy) is 3. The van der Waals surface area contributed by atoms with Gasteiger partial charge in [-0.05, 0) is 68.1 Å². The van der Waals surface area contributed by atoms with Gasteiger partial charge in [0.15, 0.2) is 11.5 Å². The lowest BCUT2D eigenvalue weighted by Gasteiger charge is -2.33. The topological polar surface area (TPSA) is 98.9 Å². The molecule has 2 saturated heterocycles. The van der Waals surface area contributed by atoms with Crippen molar-refractivity contribution >= 4 is 28.6 Å². The zero-order chi connectivity index (χ0) is 28.6. The standard InChI is InChI=1S/C32H31ClN4O5/c1-31(27-8-6-21(33)15-34-27)41-26-4-2-3-23(29(26)42-31)32-10-11-36(16-20(32)14-32)18-28-35-24-7-5-19(30(38)39)13-25(24)37(28)17-22-9-12-40-22/h2-8,13,15,20,22H,9-12,14,16-18H2,1H3,(H,38,39)/t20?,22-,31+,32?/m0/s1. The average Bonchev–Trinajstić information content (AvgIpc) is 3.43. The first-order valence-corrected chi connectivity index (χ1v) is 14.9. The molecule has 3 fully saturated rings. The van der Waals surface area contributed by atoms with E-state index in [2.05, 4.69) is 26.6 Å². The Labute approximate surface area is 248 Å². The van der Waals surface area contributed by atoms with Gasteiger partial charge in [-0.1, -0.05) is 23.7 Å². The summed E-state index contributed by atoms with van der Waals surface area (Å²) in [6.07, 6.45) is 4.88. The Morgan fingerprint density at radius 3 is 2.81 bits per heavy atom. The number of fused-ring (bicyclic) bond motifs is 3. The lowest BCUT2D eigenvalue weighted by Crippen LogP contribution is -2.37. The molecular weight excluding hydrogens is 556 g/mol. The van der Waals surface area contributed by atoms with E-state index >= 15 is 0 Å². The maximum atomic E-state index is 11.7. The van der Waals surface area contributed by atoms with Gasteiger partial charge >= 0.3 is 5.97 Å². The fraction of sp³-hybridized carbons (Fsp3) is 0.406. The first-order valence-electron chi connectivity index (χ1n) is 14.5. The van der Waals surface area contributed by atoms with Gasteiger partial charge in [-0.15, -0.1) is 0 Å². The number of piperidine rings is 1. The molecule has 0 spiro atoms. The number of nitrogens with zero attached hydrogens (tertiary/aromatic N) is 4. The number of halogens is 1. The number of aromatic nitrogens is 3. The van der Waals surface area contributed by atoms with E-state index < -0.39 is 11.8 Å². The highest BCUT2D eigenvalue weighted by molar-refractivity contribution is 6.30. The number of likely N-dealkylation sites (tertiary alicyclic amines) is 1. The Kier molecular flexibility index (Phi) is 5.83. The van der Waals surface area contributed by atoms with E-state index in [1.807, 2.05) is 25.1 Å². The van der Waals surface area contributed by atoms with E-state index in [1.54, 1.807) is 24.4 Å². The Balaban J connectivity index is 1.03. The van der Waals surface area contributed by atoms with Crippen molar-refractivity contribution in [3.8, 4) is 11.5 Å². The minimum Gasteiger partial charge on any atom is -0.478 e. The van der Waals surface area contributed by atoms with Crippen LogP contribution in [0.25, 0.3) is 11.0 Å². The van der Waals surface area contributed by atoms with E-state index in [4.69, 9.17) is 30.8 Å². The molecule has 4 aliphatic rings. The number of rotatable bonds is 7. The van der Waals surface area contributed by atoms with Crippen molar-refractivity contribution in [2.45, 2.75) is 56.6 Å². The third kappa shape index (κ3) is 4.17. The first-order chi connectivity index (χ1) is 20.3. The highest BCUT2D eigenvalue weighted by atomic mass is 35.5. The van der Waals surface area contributed by atoms with Crippen molar-refractivity contribution in [2.75, 3.05) is 19.7 Å². The zero-order valence-corrected chi connectivity index (χ0v) is 24.0. The molecule has 1 aliphatic carbocycles. The second-order valence-electron chi connectivity index (χ2n) is 12.1. The number of hydrogen-bond donors (Lipinski definition) is 1. The van der Waals surface area contributed by atoms with Gasteiger partial charge in [-0.25, -0.2) is 9.78 Å². The summed E-state index contributed by atoms with van der Waals surface area (Å²) in [6, 6.07) is 15.0. The molecule has 1 saturated carbocycles. The molecule has 4 atom stereocenters. The van der Waals surface area contributed by atoms with Crippen LogP contribution in [-0.4, -0.2) is 56.3 Å². The van der Waals surface area contributed by atoms with Crippen LogP contribution in [0.5, 0.6) is 11.5 Å². The summed E-state index contributed by atoms with van der Waals surface area (Å²) >= 11 is 6.06. The Morgan fingerprint density at radius 1 is 1.19 bits per heavy atom. The number of carboxylic acids is 1. The number of para-hydroxylation sites is 1. The molecule has 10 heteroatoms.